The standard InChI is InChI=1S/C14H17F2N3O/c1-3-8-19-13(17)18-9-14(19,2)10-4-6-11(7-5-10)20-12(15)16/h3-7,12H,1,8-9H2,2H3,(H2,17,18). The molecule has 0 amide bonds. The fourth-order valence-electron chi connectivity index (χ4n) is 2.33. The van der Waals surface area contributed by atoms with Crippen LogP contribution in [0, 0.1) is 0 Å². The molecule has 1 aromatic rings. The van der Waals surface area contributed by atoms with E-state index in [1.165, 1.54) is 12.1 Å². The van der Waals surface area contributed by atoms with Crippen LogP contribution in [0.3, 0.4) is 0 Å². The Labute approximate surface area is 116 Å². The number of nitrogens with zero attached hydrogens (tertiary/aromatic N) is 2. The van der Waals surface area contributed by atoms with Crippen LogP contribution in [-0.2, 0) is 5.54 Å². The first kappa shape index (κ1) is 14.3. The Morgan fingerprint density at radius 2 is 2.15 bits per heavy atom. The molecule has 20 heavy (non-hydrogen) atoms. The number of aliphatic imine (C=N–C) groups is 1. The maximum absolute atomic E-state index is 12.1. The van der Waals surface area contributed by atoms with Gasteiger partial charge in [0.25, 0.3) is 0 Å². The van der Waals surface area contributed by atoms with Crippen molar-refractivity contribution in [2.45, 2.75) is 19.1 Å². The predicted octanol–water partition coefficient (Wildman–Crippen LogP) is 2.32. The summed E-state index contributed by atoms with van der Waals surface area (Å²) in [7, 11) is 0. The van der Waals surface area contributed by atoms with Crippen molar-refractivity contribution in [3.05, 3.63) is 42.5 Å². The van der Waals surface area contributed by atoms with Gasteiger partial charge < -0.3 is 15.4 Å². The van der Waals surface area contributed by atoms with Crippen molar-refractivity contribution in [1.29, 1.82) is 0 Å². The third-order valence-corrected chi connectivity index (χ3v) is 3.43. The van der Waals surface area contributed by atoms with Crippen molar-refractivity contribution in [2.24, 2.45) is 10.7 Å². The Morgan fingerprint density at radius 3 is 2.70 bits per heavy atom. The van der Waals surface area contributed by atoms with E-state index in [0.717, 1.165) is 5.56 Å². The van der Waals surface area contributed by atoms with Crippen LogP contribution in [0.5, 0.6) is 5.75 Å². The molecule has 0 radical (unpaired) electrons. The summed E-state index contributed by atoms with van der Waals surface area (Å²) in [5, 5.41) is 0. The number of nitrogens with two attached hydrogens (primary N) is 1. The van der Waals surface area contributed by atoms with Crippen LogP contribution < -0.4 is 10.5 Å². The predicted molar refractivity (Wildman–Crippen MR) is 73.8 cm³/mol. The van der Waals surface area contributed by atoms with Crippen molar-refractivity contribution >= 4 is 5.96 Å². The number of halogens is 2. The van der Waals surface area contributed by atoms with Gasteiger partial charge in [-0.3, -0.25) is 4.99 Å². The molecule has 2 rings (SSSR count). The molecular weight excluding hydrogens is 264 g/mol. The van der Waals surface area contributed by atoms with Gasteiger partial charge in [0.15, 0.2) is 5.96 Å². The van der Waals surface area contributed by atoms with Crippen molar-refractivity contribution in [3.63, 3.8) is 0 Å². The zero-order valence-corrected chi connectivity index (χ0v) is 11.2. The average Bonchev–Trinajstić information content (AvgIpc) is 2.69. The molecule has 4 nitrogen and oxygen atoms in total. The SMILES string of the molecule is C=CCN1C(N)=NCC1(C)c1ccc(OC(F)F)cc1. The lowest BCUT2D eigenvalue weighted by Crippen LogP contribution is -2.47. The molecule has 1 atom stereocenters. The monoisotopic (exact) mass is 281 g/mol. The highest BCUT2D eigenvalue weighted by Gasteiger charge is 2.38. The smallest absolute Gasteiger partial charge is 0.387 e. The fraction of sp³-hybridized carbons (Fsp3) is 0.357. The maximum Gasteiger partial charge on any atom is 0.387 e. The van der Waals surface area contributed by atoms with Gasteiger partial charge in [0.1, 0.15) is 5.75 Å². The number of guanidine groups is 1. The number of benzene rings is 1. The van der Waals surface area contributed by atoms with E-state index in [-0.39, 0.29) is 5.75 Å². The van der Waals surface area contributed by atoms with Gasteiger partial charge in [0.2, 0.25) is 0 Å². The molecule has 0 saturated carbocycles. The third-order valence-electron chi connectivity index (χ3n) is 3.43. The Morgan fingerprint density at radius 1 is 1.50 bits per heavy atom. The number of hydrogen-bond donors (Lipinski definition) is 1. The van der Waals surface area contributed by atoms with Crippen molar-refractivity contribution in [3.8, 4) is 5.75 Å². The zero-order valence-electron chi connectivity index (χ0n) is 11.2. The maximum atomic E-state index is 12.1. The van der Waals surface area contributed by atoms with Crippen molar-refractivity contribution < 1.29 is 13.5 Å². The van der Waals surface area contributed by atoms with Gasteiger partial charge in [-0.25, -0.2) is 0 Å². The van der Waals surface area contributed by atoms with Gasteiger partial charge in [-0.15, -0.1) is 6.58 Å². The van der Waals surface area contributed by atoms with Gasteiger partial charge in [-0.2, -0.15) is 8.78 Å². The molecule has 6 heteroatoms. The molecule has 1 aromatic carbocycles. The summed E-state index contributed by atoms with van der Waals surface area (Å²) in [6.07, 6.45) is 1.75. The topological polar surface area (TPSA) is 50.8 Å². The highest BCUT2D eigenvalue weighted by Crippen LogP contribution is 2.33. The molecule has 1 heterocycles. The van der Waals surface area contributed by atoms with Gasteiger partial charge in [0, 0.05) is 6.54 Å². The Kier molecular flexibility index (Phi) is 3.92. The fourth-order valence-corrected chi connectivity index (χ4v) is 2.33. The van der Waals surface area contributed by atoms with Crippen molar-refractivity contribution in [2.75, 3.05) is 13.1 Å². The lowest BCUT2D eigenvalue weighted by molar-refractivity contribution is -0.0498. The number of rotatable bonds is 5. The van der Waals surface area contributed by atoms with E-state index in [1.807, 2.05) is 11.8 Å². The van der Waals surface area contributed by atoms with Gasteiger partial charge >= 0.3 is 6.61 Å². The van der Waals surface area contributed by atoms with E-state index in [1.54, 1.807) is 18.2 Å². The van der Waals surface area contributed by atoms with E-state index in [4.69, 9.17) is 5.73 Å². The average molecular weight is 281 g/mol. The Bertz CT molecular complexity index is 516. The normalized spacial score (nSPS) is 22.0. The first-order valence-corrected chi connectivity index (χ1v) is 6.21. The number of ether oxygens (including phenoxy) is 1. The first-order valence-electron chi connectivity index (χ1n) is 6.21. The second-order valence-corrected chi connectivity index (χ2v) is 4.75. The number of alkyl halides is 2. The van der Waals surface area contributed by atoms with E-state index in [0.29, 0.717) is 19.0 Å². The van der Waals surface area contributed by atoms with Gasteiger partial charge in [-0.1, -0.05) is 18.2 Å². The Hall–Kier alpha value is -2.11. The second kappa shape index (κ2) is 5.48. The molecule has 0 aliphatic carbocycles. The molecule has 0 spiro atoms. The third kappa shape index (κ3) is 2.59. The van der Waals surface area contributed by atoms with E-state index in [9.17, 15) is 8.78 Å². The van der Waals surface area contributed by atoms with Crippen molar-refractivity contribution in [1.82, 2.24) is 4.90 Å². The largest absolute Gasteiger partial charge is 0.435 e. The summed E-state index contributed by atoms with van der Waals surface area (Å²) in [6.45, 7) is 3.98. The molecule has 1 aliphatic heterocycles. The summed E-state index contributed by atoms with van der Waals surface area (Å²) in [4.78, 5) is 6.19. The minimum Gasteiger partial charge on any atom is -0.435 e. The van der Waals surface area contributed by atoms with Gasteiger partial charge in [-0.05, 0) is 24.6 Å². The molecule has 0 aromatic heterocycles. The van der Waals surface area contributed by atoms with Crippen LogP contribution in [0.1, 0.15) is 12.5 Å². The minimum absolute atomic E-state index is 0.134. The lowest BCUT2D eigenvalue weighted by atomic mass is 9.91. The Balaban J connectivity index is 2.24. The van der Waals surface area contributed by atoms with Crippen LogP contribution in [0.15, 0.2) is 41.9 Å². The van der Waals surface area contributed by atoms with E-state index in [2.05, 4.69) is 16.3 Å². The summed E-state index contributed by atoms with van der Waals surface area (Å²) >= 11 is 0. The molecule has 0 fully saturated rings. The molecule has 0 saturated heterocycles. The number of hydrogen-bond acceptors (Lipinski definition) is 4. The van der Waals surface area contributed by atoms with Gasteiger partial charge in [0.05, 0.1) is 12.1 Å². The highest BCUT2D eigenvalue weighted by atomic mass is 19.3. The summed E-state index contributed by atoms with van der Waals surface area (Å²) in [5.74, 6) is 0.592. The molecule has 108 valence electrons. The lowest BCUT2D eigenvalue weighted by Gasteiger charge is -2.36. The minimum atomic E-state index is -2.82. The van der Waals surface area contributed by atoms with Crippen LogP contribution in [0.4, 0.5) is 8.78 Å². The molecular formula is C14H17F2N3O. The molecule has 2 N–H and O–H groups in total. The van der Waals surface area contributed by atoms with Crippen LogP contribution >= 0.6 is 0 Å². The molecule has 0 bridgehead atoms. The molecule has 1 unspecified atom stereocenters. The van der Waals surface area contributed by atoms with Crippen LogP contribution in [0.2, 0.25) is 0 Å². The summed E-state index contributed by atoms with van der Waals surface area (Å²) in [5.41, 5.74) is 6.41. The second-order valence-electron chi connectivity index (χ2n) is 4.75. The van der Waals surface area contributed by atoms with E-state index < -0.39 is 12.2 Å². The first-order chi connectivity index (χ1) is 9.47. The highest BCUT2D eigenvalue weighted by molar-refractivity contribution is 5.81. The zero-order chi connectivity index (χ0) is 14.8. The summed E-state index contributed by atoms with van der Waals surface area (Å²) < 4.78 is 28.6. The van der Waals surface area contributed by atoms with E-state index >= 15 is 0 Å². The molecule has 1 aliphatic rings. The van der Waals surface area contributed by atoms with Crippen LogP contribution in [0.25, 0.3) is 0 Å². The van der Waals surface area contributed by atoms with Crippen LogP contribution in [-0.4, -0.2) is 30.6 Å². The summed E-state index contributed by atoms with van der Waals surface area (Å²) in [6, 6.07) is 6.55. The quantitative estimate of drug-likeness (QED) is 0.843.